The van der Waals surface area contributed by atoms with Gasteiger partial charge in [0.15, 0.2) is 0 Å². The largest absolute Gasteiger partial charge is 0.317 e. The van der Waals surface area contributed by atoms with E-state index in [0.29, 0.717) is 17.9 Å². The lowest BCUT2D eigenvalue weighted by Gasteiger charge is -2.34. The molecule has 0 amide bonds. The van der Waals surface area contributed by atoms with Gasteiger partial charge in [-0.05, 0) is 57.3 Å². The summed E-state index contributed by atoms with van der Waals surface area (Å²) in [6.07, 6.45) is 13.5. The molecule has 2 aromatic rings. The third kappa shape index (κ3) is 2.73. The summed E-state index contributed by atoms with van der Waals surface area (Å²) in [7, 11) is -3.58. The van der Waals surface area contributed by atoms with Gasteiger partial charge in [0, 0.05) is 17.8 Å². The molecular weight excluding hydrogens is 334 g/mol. The van der Waals surface area contributed by atoms with Gasteiger partial charge in [-0.1, -0.05) is 23.8 Å². The molecule has 1 saturated heterocycles. The number of rotatable bonds is 3. The van der Waals surface area contributed by atoms with Crippen LogP contribution < -0.4 is 5.32 Å². The summed E-state index contributed by atoms with van der Waals surface area (Å²) >= 11 is 0. The number of allylic oxidation sites excluding steroid dienone is 3. The van der Waals surface area contributed by atoms with E-state index in [1.807, 2.05) is 31.2 Å². The highest BCUT2D eigenvalue weighted by Crippen LogP contribution is 2.38. The lowest BCUT2D eigenvalue weighted by atomic mass is 9.82. The molecule has 0 aromatic carbocycles. The van der Waals surface area contributed by atoms with Crippen LogP contribution in [0, 0.1) is 5.92 Å². The molecule has 1 fully saturated rings. The van der Waals surface area contributed by atoms with Crippen LogP contribution in [0.2, 0.25) is 0 Å². The zero-order chi connectivity index (χ0) is 17.5. The van der Waals surface area contributed by atoms with Crippen LogP contribution in [0.15, 0.2) is 54.5 Å². The molecule has 3 heterocycles. The molecule has 1 N–H and O–H groups in total. The van der Waals surface area contributed by atoms with Crippen LogP contribution in [0.25, 0.3) is 10.9 Å². The van der Waals surface area contributed by atoms with E-state index < -0.39 is 14.8 Å². The zero-order valence-electron chi connectivity index (χ0n) is 14.4. The van der Waals surface area contributed by atoms with Crippen LogP contribution in [-0.4, -0.2) is 35.2 Å². The molecule has 0 bridgehead atoms. The average Bonchev–Trinajstić information content (AvgIpc) is 3.07. The fourth-order valence-electron chi connectivity index (χ4n) is 3.93. The maximum absolute atomic E-state index is 13.5. The van der Waals surface area contributed by atoms with E-state index in [0.717, 1.165) is 31.3 Å². The summed E-state index contributed by atoms with van der Waals surface area (Å²) in [4.78, 5) is 4.09. The topological polar surface area (TPSA) is 64.0 Å². The minimum absolute atomic E-state index is 0.476. The van der Waals surface area contributed by atoms with E-state index in [1.165, 1.54) is 9.55 Å². The first-order chi connectivity index (χ1) is 12.0. The van der Waals surface area contributed by atoms with Crippen LogP contribution in [-0.2, 0) is 10.0 Å². The van der Waals surface area contributed by atoms with E-state index in [1.54, 1.807) is 18.6 Å². The van der Waals surface area contributed by atoms with Crippen LogP contribution >= 0.6 is 0 Å². The van der Waals surface area contributed by atoms with Crippen molar-refractivity contribution in [2.24, 2.45) is 5.92 Å². The minimum Gasteiger partial charge on any atom is -0.317 e. The van der Waals surface area contributed by atoms with Gasteiger partial charge in [0.1, 0.15) is 4.75 Å². The second kappa shape index (κ2) is 6.11. The van der Waals surface area contributed by atoms with Crippen molar-refractivity contribution >= 4 is 20.9 Å². The Morgan fingerprint density at radius 3 is 2.88 bits per heavy atom. The van der Waals surface area contributed by atoms with Crippen LogP contribution in [0.1, 0.15) is 26.2 Å². The summed E-state index contributed by atoms with van der Waals surface area (Å²) in [6.45, 7) is 3.83. The Balaban J connectivity index is 1.70. The van der Waals surface area contributed by atoms with Crippen LogP contribution in [0.3, 0.4) is 0 Å². The van der Waals surface area contributed by atoms with Gasteiger partial charge in [0.25, 0.3) is 0 Å². The minimum atomic E-state index is -3.58. The molecular formula is C19H23N3O2S. The quantitative estimate of drug-likeness (QED) is 0.917. The van der Waals surface area contributed by atoms with Crippen molar-refractivity contribution in [3.8, 4) is 0 Å². The van der Waals surface area contributed by atoms with Gasteiger partial charge in [-0.3, -0.25) is 4.98 Å². The van der Waals surface area contributed by atoms with E-state index in [9.17, 15) is 8.42 Å². The van der Waals surface area contributed by atoms with Gasteiger partial charge in [-0.15, -0.1) is 0 Å². The van der Waals surface area contributed by atoms with Crippen molar-refractivity contribution in [3.63, 3.8) is 0 Å². The predicted molar refractivity (Wildman–Crippen MR) is 99.9 cm³/mol. The number of fused-ring (bicyclic) bond motifs is 1. The SMILES string of the molecule is CC1(S(=O)(=O)n2ccc3ccncc32)C=CC=C(C2CCNCC2)C1. The Bertz CT molecular complexity index is 952. The van der Waals surface area contributed by atoms with Crippen molar-refractivity contribution < 1.29 is 8.42 Å². The molecule has 5 nitrogen and oxygen atoms in total. The molecule has 4 rings (SSSR count). The number of aromatic nitrogens is 2. The Hall–Kier alpha value is -1.92. The van der Waals surface area contributed by atoms with Crippen molar-refractivity contribution in [1.82, 2.24) is 14.3 Å². The lowest BCUT2D eigenvalue weighted by Crippen LogP contribution is -2.40. The number of piperidine rings is 1. The molecule has 132 valence electrons. The van der Waals surface area contributed by atoms with Gasteiger partial charge >= 0.3 is 0 Å². The highest BCUT2D eigenvalue weighted by molar-refractivity contribution is 7.91. The van der Waals surface area contributed by atoms with Crippen molar-refractivity contribution in [2.75, 3.05) is 13.1 Å². The fraction of sp³-hybridized carbons (Fsp3) is 0.421. The maximum atomic E-state index is 13.5. The molecule has 6 heteroatoms. The first kappa shape index (κ1) is 16.5. The average molecular weight is 357 g/mol. The van der Waals surface area contributed by atoms with Crippen molar-refractivity contribution in [1.29, 1.82) is 0 Å². The van der Waals surface area contributed by atoms with E-state index >= 15 is 0 Å². The lowest BCUT2D eigenvalue weighted by molar-refractivity contribution is 0.404. The van der Waals surface area contributed by atoms with Gasteiger partial charge in [0.2, 0.25) is 10.0 Å². The van der Waals surface area contributed by atoms with E-state index in [4.69, 9.17) is 0 Å². The van der Waals surface area contributed by atoms with E-state index in [-0.39, 0.29) is 0 Å². The fourth-order valence-corrected chi connectivity index (χ4v) is 5.61. The summed E-state index contributed by atoms with van der Waals surface area (Å²) < 4.78 is 27.4. The standard InChI is InChI=1S/C19H23N3O2S/c1-19(8-2-3-17(13-19)15-4-9-20-10-5-15)25(23,24)22-12-7-16-6-11-21-14-18(16)22/h2-3,6-8,11-12,14-15,20H,4-5,9-10,13H2,1H3. The molecule has 1 atom stereocenters. The monoisotopic (exact) mass is 357 g/mol. The van der Waals surface area contributed by atoms with Gasteiger partial charge in [-0.25, -0.2) is 12.4 Å². The summed E-state index contributed by atoms with van der Waals surface area (Å²) in [5.74, 6) is 0.476. The van der Waals surface area contributed by atoms with Gasteiger partial charge in [0.05, 0.1) is 11.7 Å². The second-order valence-electron chi connectivity index (χ2n) is 7.17. The molecule has 0 saturated carbocycles. The Morgan fingerprint density at radius 2 is 2.08 bits per heavy atom. The summed E-state index contributed by atoms with van der Waals surface area (Å²) in [6, 6.07) is 3.66. The Kier molecular flexibility index (Phi) is 4.04. The highest BCUT2D eigenvalue weighted by atomic mass is 32.2. The molecule has 25 heavy (non-hydrogen) atoms. The molecule has 0 spiro atoms. The van der Waals surface area contributed by atoms with Crippen LogP contribution in [0.4, 0.5) is 0 Å². The number of nitrogens with one attached hydrogen (secondary N) is 1. The normalized spacial score (nSPS) is 25.2. The number of nitrogens with zero attached hydrogens (tertiary/aromatic N) is 2. The summed E-state index contributed by atoms with van der Waals surface area (Å²) in [5.41, 5.74) is 1.89. The second-order valence-corrected chi connectivity index (χ2v) is 9.44. The van der Waals surface area contributed by atoms with Gasteiger partial charge in [-0.2, -0.15) is 0 Å². The molecule has 1 unspecified atom stereocenters. The zero-order valence-corrected chi connectivity index (χ0v) is 15.2. The molecule has 0 radical (unpaired) electrons. The van der Waals surface area contributed by atoms with Crippen molar-refractivity contribution in [2.45, 2.75) is 30.9 Å². The predicted octanol–water partition coefficient (Wildman–Crippen LogP) is 2.86. The number of hydrogen-bond acceptors (Lipinski definition) is 4. The molecule has 2 aromatic heterocycles. The maximum Gasteiger partial charge on any atom is 0.248 e. The Labute approximate surface area is 148 Å². The molecule has 1 aliphatic heterocycles. The third-order valence-electron chi connectivity index (χ3n) is 5.49. The highest BCUT2D eigenvalue weighted by Gasteiger charge is 2.41. The third-order valence-corrected chi connectivity index (χ3v) is 7.78. The first-order valence-electron chi connectivity index (χ1n) is 8.76. The van der Waals surface area contributed by atoms with Crippen molar-refractivity contribution in [3.05, 3.63) is 54.5 Å². The first-order valence-corrected chi connectivity index (χ1v) is 10.2. The molecule has 1 aliphatic carbocycles. The Morgan fingerprint density at radius 1 is 1.28 bits per heavy atom. The smallest absolute Gasteiger partial charge is 0.248 e. The van der Waals surface area contributed by atoms with Crippen LogP contribution in [0.5, 0.6) is 0 Å². The van der Waals surface area contributed by atoms with E-state index in [2.05, 4.69) is 16.4 Å². The van der Waals surface area contributed by atoms with Gasteiger partial charge < -0.3 is 5.32 Å². The number of hydrogen-bond donors (Lipinski definition) is 1. The number of pyridine rings is 1. The molecule has 2 aliphatic rings. The summed E-state index contributed by atoms with van der Waals surface area (Å²) in [5, 5.41) is 4.26.